The minimum atomic E-state index is -0.606. The van der Waals surface area contributed by atoms with E-state index in [9.17, 15) is 14.0 Å². The van der Waals surface area contributed by atoms with Crippen molar-refractivity contribution < 1.29 is 14.0 Å². The lowest BCUT2D eigenvalue weighted by molar-refractivity contribution is -0.117. The molecule has 2 N–H and O–H groups in total. The molecule has 0 saturated carbocycles. The molecule has 0 spiro atoms. The van der Waals surface area contributed by atoms with Gasteiger partial charge in [-0.15, -0.1) is 10.2 Å². The third-order valence-electron chi connectivity index (χ3n) is 5.24. The van der Waals surface area contributed by atoms with Crippen molar-refractivity contribution in [3.8, 4) is 5.69 Å². The number of aromatic nitrogens is 3. The number of aryl methyl sites for hydroxylation is 2. The number of thioether (sulfide) groups is 1. The Morgan fingerprint density at radius 3 is 2.42 bits per heavy atom. The third-order valence-corrected chi connectivity index (χ3v) is 6.17. The summed E-state index contributed by atoms with van der Waals surface area (Å²) in [4.78, 5) is 26.5. The highest BCUT2D eigenvalue weighted by molar-refractivity contribution is 7.99. The molecule has 2 aromatic carbocycles. The summed E-state index contributed by atoms with van der Waals surface area (Å²) in [6, 6.07) is 10.8. The van der Waals surface area contributed by atoms with Crippen LogP contribution in [0.3, 0.4) is 0 Å². The van der Waals surface area contributed by atoms with Crippen LogP contribution >= 0.6 is 11.8 Å². The van der Waals surface area contributed by atoms with Gasteiger partial charge in [0.2, 0.25) is 5.91 Å². The first-order valence-electron chi connectivity index (χ1n) is 10.3. The molecular formula is C23H27FN6O2S. The van der Waals surface area contributed by atoms with Crippen LogP contribution in [0, 0.1) is 19.7 Å². The Bertz CT molecular complexity index is 1150. The monoisotopic (exact) mass is 470 g/mol. The smallest absolute Gasteiger partial charge is 0.308 e. The van der Waals surface area contributed by atoms with E-state index >= 15 is 0 Å². The maximum absolute atomic E-state index is 13.4. The second-order valence-electron chi connectivity index (χ2n) is 7.88. The lowest BCUT2D eigenvalue weighted by Gasteiger charge is -2.20. The molecule has 0 bridgehead atoms. The standard InChI is InChI=1S/C23H27FN6O2S/c1-14-6-9-18(12-15(14)2)25-22(32)26-20(31)13-33-23-28-27-21(16(3)29(4)5)30(23)19-10-7-17(24)8-11-19/h6-12,16H,13H2,1-5H3,(H2,25,26,31,32). The summed E-state index contributed by atoms with van der Waals surface area (Å²) in [7, 11) is 3.84. The van der Waals surface area contributed by atoms with Crippen LogP contribution in [0.2, 0.25) is 0 Å². The number of hydrogen-bond acceptors (Lipinski definition) is 6. The molecule has 0 fully saturated rings. The predicted octanol–water partition coefficient (Wildman–Crippen LogP) is 4.09. The topological polar surface area (TPSA) is 92.2 Å². The van der Waals surface area contributed by atoms with E-state index in [2.05, 4.69) is 20.8 Å². The fraction of sp³-hybridized carbons (Fsp3) is 0.304. The van der Waals surface area contributed by atoms with Crippen LogP contribution in [0.1, 0.15) is 29.9 Å². The second kappa shape index (κ2) is 10.6. The summed E-state index contributed by atoms with van der Waals surface area (Å²) in [6.07, 6.45) is 0. The van der Waals surface area contributed by atoms with Crippen molar-refractivity contribution in [2.75, 3.05) is 25.2 Å². The zero-order valence-corrected chi connectivity index (χ0v) is 20.0. The number of halogens is 1. The summed E-state index contributed by atoms with van der Waals surface area (Å²) in [6.45, 7) is 5.90. The third kappa shape index (κ3) is 6.17. The van der Waals surface area contributed by atoms with Crippen LogP contribution in [0.15, 0.2) is 47.6 Å². The van der Waals surface area contributed by atoms with Crippen molar-refractivity contribution in [3.05, 3.63) is 65.2 Å². The van der Waals surface area contributed by atoms with Gasteiger partial charge in [-0.05, 0) is 82.4 Å². The Hall–Kier alpha value is -3.24. The van der Waals surface area contributed by atoms with Gasteiger partial charge in [0.15, 0.2) is 11.0 Å². The fourth-order valence-corrected chi connectivity index (χ4v) is 3.74. The van der Waals surface area contributed by atoms with E-state index in [0.29, 0.717) is 22.4 Å². The van der Waals surface area contributed by atoms with E-state index < -0.39 is 11.9 Å². The summed E-state index contributed by atoms with van der Waals surface area (Å²) in [5.74, 6) is -0.215. The highest BCUT2D eigenvalue weighted by atomic mass is 32.2. The summed E-state index contributed by atoms with van der Waals surface area (Å²) >= 11 is 1.14. The van der Waals surface area contributed by atoms with E-state index in [1.54, 1.807) is 22.8 Å². The van der Waals surface area contributed by atoms with Gasteiger partial charge in [0, 0.05) is 11.4 Å². The van der Waals surface area contributed by atoms with Gasteiger partial charge in [-0.25, -0.2) is 9.18 Å². The van der Waals surface area contributed by atoms with Gasteiger partial charge < -0.3 is 5.32 Å². The van der Waals surface area contributed by atoms with Gasteiger partial charge in [0.25, 0.3) is 0 Å². The second-order valence-corrected chi connectivity index (χ2v) is 8.82. The number of benzene rings is 2. The number of anilines is 1. The van der Waals surface area contributed by atoms with Crippen LogP contribution in [0.5, 0.6) is 0 Å². The molecule has 1 unspecified atom stereocenters. The maximum atomic E-state index is 13.4. The molecule has 0 radical (unpaired) electrons. The predicted molar refractivity (Wildman–Crippen MR) is 127 cm³/mol. The van der Waals surface area contributed by atoms with Gasteiger partial charge >= 0.3 is 6.03 Å². The summed E-state index contributed by atoms with van der Waals surface area (Å²) in [5, 5.41) is 14.0. The van der Waals surface area contributed by atoms with Crippen molar-refractivity contribution in [1.82, 2.24) is 25.0 Å². The number of carbonyl (C=O) groups excluding carboxylic acids is 2. The Morgan fingerprint density at radius 2 is 1.79 bits per heavy atom. The number of nitrogens with one attached hydrogen (secondary N) is 2. The molecule has 1 atom stereocenters. The molecule has 8 nitrogen and oxygen atoms in total. The van der Waals surface area contributed by atoms with Gasteiger partial charge in [0.05, 0.1) is 11.8 Å². The maximum Gasteiger partial charge on any atom is 0.325 e. The molecule has 3 amide bonds. The van der Waals surface area contributed by atoms with Gasteiger partial charge in [-0.1, -0.05) is 17.8 Å². The van der Waals surface area contributed by atoms with Gasteiger partial charge in [0.1, 0.15) is 5.82 Å². The van der Waals surface area contributed by atoms with Gasteiger partial charge in [-0.3, -0.25) is 19.6 Å². The van der Waals surface area contributed by atoms with Crippen LogP contribution in [0.25, 0.3) is 5.69 Å². The van der Waals surface area contributed by atoms with Crippen LogP contribution in [-0.2, 0) is 4.79 Å². The Kier molecular flexibility index (Phi) is 7.83. The number of urea groups is 1. The molecular weight excluding hydrogens is 443 g/mol. The fourth-order valence-electron chi connectivity index (χ4n) is 2.98. The van der Waals surface area contributed by atoms with Crippen LogP contribution in [-0.4, -0.2) is 51.5 Å². The number of hydrogen-bond donors (Lipinski definition) is 2. The minimum Gasteiger partial charge on any atom is -0.308 e. The van der Waals surface area contributed by atoms with E-state index in [4.69, 9.17) is 0 Å². The zero-order valence-electron chi connectivity index (χ0n) is 19.2. The van der Waals surface area contributed by atoms with E-state index in [1.165, 1.54) is 12.1 Å². The normalized spacial score (nSPS) is 12.0. The SMILES string of the molecule is Cc1ccc(NC(=O)NC(=O)CSc2nnc(C(C)N(C)C)n2-c2ccc(F)cc2)cc1C. The van der Waals surface area contributed by atoms with Crippen molar-refractivity contribution in [1.29, 1.82) is 0 Å². The lowest BCUT2D eigenvalue weighted by atomic mass is 10.1. The first-order valence-corrected chi connectivity index (χ1v) is 11.3. The molecule has 0 aliphatic heterocycles. The molecule has 174 valence electrons. The average Bonchev–Trinajstić information content (AvgIpc) is 3.18. The quantitative estimate of drug-likeness (QED) is 0.506. The number of amides is 3. The number of carbonyl (C=O) groups is 2. The van der Waals surface area contributed by atoms with Crippen molar-refractivity contribution in [2.45, 2.75) is 32.0 Å². The number of nitrogens with zero attached hydrogens (tertiary/aromatic N) is 4. The van der Waals surface area contributed by atoms with Gasteiger partial charge in [-0.2, -0.15) is 0 Å². The largest absolute Gasteiger partial charge is 0.325 e. The lowest BCUT2D eigenvalue weighted by Crippen LogP contribution is -2.35. The number of imide groups is 1. The first kappa shape index (κ1) is 24.4. The van der Waals surface area contributed by atoms with Crippen molar-refractivity contribution >= 4 is 29.4 Å². The van der Waals surface area contributed by atoms with Crippen molar-refractivity contribution in [2.24, 2.45) is 0 Å². The number of rotatable bonds is 7. The molecule has 3 rings (SSSR count). The molecule has 0 aliphatic rings. The van der Waals surface area contributed by atoms with E-state index in [0.717, 1.165) is 22.9 Å². The minimum absolute atomic E-state index is 0.0456. The molecule has 1 aromatic heterocycles. The zero-order chi connectivity index (χ0) is 24.1. The highest BCUT2D eigenvalue weighted by Crippen LogP contribution is 2.27. The molecule has 3 aromatic rings. The van der Waals surface area contributed by atoms with E-state index in [1.807, 2.05) is 51.9 Å². The molecule has 1 heterocycles. The van der Waals surface area contributed by atoms with Crippen LogP contribution in [0.4, 0.5) is 14.9 Å². The average molecular weight is 471 g/mol. The molecule has 0 aliphatic carbocycles. The van der Waals surface area contributed by atoms with E-state index in [-0.39, 0.29) is 17.6 Å². The van der Waals surface area contributed by atoms with Crippen LogP contribution < -0.4 is 10.6 Å². The Morgan fingerprint density at radius 1 is 1.09 bits per heavy atom. The molecule has 10 heteroatoms. The Labute approximate surface area is 196 Å². The first-order chi connectivity index (χ1) is 15.7. The Balaban J connectivity index is 1.69. The summed E-state index contributed by atoms with van der Waals surface area (Å²) < 4.78 is 15.2. The highest BCUT2D eigenvalue weighted by Gasteiger charge is 2.22. The van der Waals surface area contributed by atoms with Crippen molar-refractivity contribution in [3.63, 3.8) is 0 Å². The summed E-state index contributed by atoms with van der Waals surface area (Å²) in [5.41, 5.74) is 3.44. The molecule has 33 heavy (non-hydrogen) atoms. The molecule has 0 saturated heterocycles.